The maximum absolute atomic E-state index is 12.2. The van der Waals surface area contributed by atoms with E-state index in [0.29, 0.717) is 22.3 Å². The number of hydrogen-bond donors (Lipinski definition) is 1. The van der Waals surface area contributed by atoms with Gasteiger partial charge in [0.1, 0.15) is 27.8 Å². The molecule has 174 valence electrons. The van der Waals surface area contributed by atoms with Crippen molar-refractivity contribution in [2.75, 3.05) is 0 Å². The second-order valence-corrected chi connectivity index (χ2v) is 10.9. The summed E-state index contributed by atoms with van der Waals surface area (Å²) in [5.74, 6) is 0. The zero-order valence-electron chi connectivity index (χ0n) is 20.3. The van der Waals surface area contributed by atoms with Crippen LogP contribution in [-0.2, 0) is 5.72 Å². The van der Waals surface area contributed by atoms with Crippen LogP contribution in [0.2, 0.25) is 0 Å². The second-order valence-electron chi connectivity index (χ2n) is 10.9. The van der Waals surface area contributed by atoms with Crippen LogP contribution >= 0.6 is 0 Å². The third kappa shape index (κ3) is 3.66. The average Bonchev–Trinajstić information content (AvgIpc) is 3.37. The Morgan fingerprint density at radius 2 is 1.26 bits per heavy atom. The highest BCUT2D eigenvalue weighted by Crippen LogP contribution is 2.46. The monoisotopic (exact) mass is 454 g/mol. The van der Waals surface area contributed by atoms with Gasteiger partial charge in [-0.1, -0.05) is 71.5 Å². The topological polar surface area (TPSA) is 81.6 Å². The number of aromatic nitrogens is 6. The van der Waals surface area contributed by atoms with Gasteiger partial charge in [-0.3, -0.25) is 0 Å². The molecule has 2 heterocycles. The molecule has 0 saturated carbocycles. The summed E-state index contributed by atoms with van der Waals surface area (Å²) >= 11 is 0. The largest absolute Gasteiger partial charge is 0.359 e. The standard InChI is InChI=1S/C27H30N6O/c1-18-15-19(26(5,6)17-25(2,3)4)16-24(32-28-20-11-7-8-12-21(20)29-32)27(18,34)33-30-22-13-9-10-14-23(22)31-33/h7-16,34H,1,17H2,2-6H3. The van der Waals surface area contributed by atoms with Crippen LogP contribution in [0.15, 0.2) is 78.4 Å². The van der Waals surface area contributed by atoms with Gasteiger partial charge in [-0.25, -0.2) is 0 Å². The van der Waals surface area contributed by atoms with Crippen molar-refractivity contribution >= 4 is 27.8 Å². The van der Waals surface area contributed by atoms with Crippen LogP contribution in [0.5, 0.6) is 0 Å². The summed E-state index contributed by atoms with van der Waals surface area (Å²) in [6.45, 7) is 15.4. The number of rotatable bonds is 4. The van der Waals surface area contributed by atoms with Crippen LogP contribution in [0, 0.1) is 10.8 Å². The molecule has 0 saturated heterocycles. The fourth-order valence-corrected chi connectivity index (χ4v) is 4.96. The molecule has 7 heteroatoms. The van der Waals surface area contributed by atoms with Gasteiger partial charge in [0.15, 0.2) is 0 Å². The van der Waals surface area contributed by atoms with E-state index in [9.17, 15) is 5.11 Å². The summed E-state index contributed by atoms with van der Waals surface area (Å²) in [5, 5.41) is 30.7. The minimum Gasteiger partial charge on any atom is -0.359 e. The number of allylic oxidation sites excluding steroid dienone is 2. The van der Waals surface area contributed by atoms with E-state index in [1.54, 1.807) is 0 Å². The van der Waals surface area contributed by atoms with Gasteiger partial charge in [-0.05, 0) is 53.2 Å². The normalized spacial score (nSPS) is 19.5. The van der Waals surface area contributed by atoms with E-state index in [2.05, 4.69) is 61.6 Å². The molecule has 34 heavy (non-hydrogen) atoms. The van der Waals surface area contributed by atoms with Crippen molar-refractivity contribution in [1.29, 1.82) is 0 Å². The summed E-state index contributed by atoms with van der Waals surface area (Å²) in [6, 6.07) is 15.2. The Kier molecular flexibility index (Phi) is 4.88. The molecule has 0 aliphatic heterocycles. The Morgan fingerprint density at radius 1 is 0.794 bits per heavy atom. The molecule has 1 atom stereocenters. The number of nitrogens with zero attached hydrogens (tertiary/aromatic N) is 6. The van der Waals surface area contributed by atoms with Gasteiger partial charge in [0.25, 0.3) is 0 Å². The van der Waals surface area contributed by atoms with E-state index in [0.717, 1.165) is 23.0 Å². The Morgan fingerprint density at radius 3 is 1.74 bits per heavy atom. The van der Waals surface area contributed by atoms with Crippen molar-refractivity contribution < 1.29 is 5.11 Å². The molecule has 0 amide bonds. The molecular formula is C27H30N6O. The fourth-order valence-electron chi connectivity index (χ4n) is 4.96. The van der Waals surface area contributed by atoms with Gasteiger partial charge in [-0.15, -0.1) is 30.0 Å². The van der Waals surface area contributed by atoms with Crippen LogP contribution in [0.25, 0.3) is 27.8 Å². The van der Waals surface area contributed by atoms with Gasteiger partial charge < -0.3 is 5.11 Å². The molecule has 7 nitrogen and oxygen atoms in total. The molecule has 0 spiro atoms. The molecule has 1 aliphatic rings. The molecule has 4 aromatic rings. The SMILES string of the molecule is C=C1C=C(C(C)(C)CC(C)(C)C)C=C(n2nc3ccccc3n2)C1(O)n1nc2ccccc2n1. The van der Waals surface area contributed by atoms with E-state index < -0.39 is 5.72 Å². The zero-order chi connectivity index (χ0) is 24.3. The van der Waals surface area contributed by atoms with E-state index in [-0.39, 0.29) is 10.8 Å². The van der Waals surface area contributed by atoms with Crippen LogP contribution in [0.4, 0.5) is 0 Å². The highest BCUT2D eigenvalue weighted by atomic mass is 16.3. The lowest BCUT2D eigenvalue weighted by Gasteiger charge is -2.39. The molecule has 0 radical (unpaired) electrons. The van der Waals surface area contributed by atoms with Crippen molar-refractivity contribution in [1.82, 2.24) is 30.0 Å². The minimum absolute atomic E-state index is 0.118. The fraction of sp³-hybridized carbons (Fsp3) is 0.333. The van der Waals surface area contributed by atoms with Gasteiger partial charge in [0.2, 0.25) is 5.72 Å². The van der Waals surface area contributed by atoms with Crippen molar-refractivity contribution in [2.24, 2.45) is 10.8 Å². The third-order valence-electron chi connectivity index (χ3n) is 6.26. The first kappa shape index (κ1) is 22.2. The molecule has 5 rings (SSSR count). The summed E-state index contributed by atoms with van der Waals surface area (Å²) in [6.07, 6.45) is 4.86. The number of hydrogen-bond acceptors (Lipinski definition) is 5. The zero-order valence-corrected chi connectivity index (χ0v) is 20.3. The van der Waals surface area contributed by atoms with Crippen LogP contribution < -0.4 is 0 Å². The smallest absolute Gasteiger partial charge is 0.247 e. The maximum atomic E-state index is 12.2. The molecule has 1 aliphatic carbocycles. The first-order valence-corrected chi connectivity index (χ1v) is 11.5. The van der Waals surface area contributed by atoms with Gasteiger partial charge in [-0.2, -0.15) is 0 Å². The summed E-state index contributed by atoms with van der Waals surface area (Å²) in [7, 11) is 0. The lowest BCUT2D eigenvalue weighted by Crippen LogP contribution is -2.42. The predicted molar refractivity (Wildman–Crippen MR) is 135 cm³/mol. The Hall–Kier alpha value is -3.58. The Balaban J connectivity index is 1.72. The number of fused-ring (bicyclic) bond motifs is 2. The van der Waals surface area contributed by atoms with Crippen LogP contribution in [-0.4, -0.2) is 35.1 Å². The van der Waals surface area contributed by atoms with E-state index >= 15 is 0 Å². The quantitative estimate of drug-likeness (QED) is 0.451. The number of benzene rings is 2. The molecule has 0 fully saturated rings. The van der Waals surface area contributed by atoms with Crippen molar-refractivity contribution in [3.8, 4) is 0 Å². The van der Waals surface area contributed by atoms with Crippen molar-refractivity contribution in [2.45, 2.75) is 46.8 Å². The van der Waals surface area contributed by atoms with Crippen molar-refractivity contribution in [3.63, 3.8) is 0 Å². The number of aliphatic hydroxyl groups is 1. The highest BCUT2D eigenvalue weighted by molar-refractivity contribution is 5.76. The predicted octanol–water partition coefficient (Wildman–Crippen LogP) is 5.32. The molecule has 1 unspecified atom stereocenters. The van der Waals surface area contributed by atoms with Gasteiger partial charge in [0.05, 0.1) is 0 Å². The van der Waals surface area contributed by atoms with E-state index in [4.69, 9.17) is 0 Å². The lowest BCUT2D eigenvalue weighted by atomic mass is 9.69. The minimum atomic E-state index is -1.75. The third-order valence-corrected chi connectivity index (χ3v) is 6.26. The Bertz CT molecular complexity index is 1410. The summed E-state index contributed by atoms with van der Waals surface area (Å²) < 4.78 is 0. The summed E-state index contributed by atoms with van der Waals surface area (Å²) in [5.41, 5.74) is 2.97. The van der Waals surface area contributed by atoms with E-state index in [1.165, 1.54) is 9.59 Å². The maximum Gasteiger partial charge on any atom is 0.247 e. The molecular weight excluding hydrogens is 424 g/mol. The first-order chi connectivity index (χ1) is 16.0. The van der Waals surface area contributed by atoms with E-state index in [1.807, 2.05) is 60.7 Å². The van der Waals surface area contributed by atoms with Crippen LogP contribution in [0.3, 0.4) is 0 Å². The molecule has 2 aromatic carbocycles. The Labute approximate surface area is 199 Å². The summed E-state index contributed by atoms with van der Waals surface area (Å²) in [4.78, 5) is 2.81. The molecule has 1 N–H and O–H groups in total. The highest BCUT2D eigenvalue weighted by Gasteiger charge is 2.45. The second kappa shape index (κ2) is 7.46. The van der Waals surface area contributed by atoms with Crippen LogP contribution in [0.1, 0.15) is 41.0 Å². The lowest BCUT2D eigenvalue weighted by molar-refractivity contribution is 0.0321. The first-order valence-electron chi connectivity index (χ1n) is 11.5. The van der Waals surface area contributed by atoms with Gasteiger partial charge >= 0.3 is 0 Å². The van der Waals surface area contributed by atoms with Crippen molar-refractivity contribution in [3.05, 3.63) is 78.4 Å². The molecule has 0 bridgehead atoms. The average molecular weight is 455 g/mol. The van der Waals surface area contributed by atoms with Gasteiger partial charge in [0, 0.05) is 5.57 Å². The molecule has 2 aromatic heterocycles.